The molecular weight excluding hydrogens is 409 g/mol. The number of aryl methyl sites for hydroxylation is 2. The van der Waals surface area contributed by atoms with Gasteiger partial charge in [-0.15, -0.1) is 0 Å². The van der Waals surface area contributed by atoms with Crippen LogP contribution < -0.4 is 5.73 Å². The van der Waals surface area contributed by atoms with E-state index >= 15 is 0 Å². The van der Waals surface area contributed by atoms with Crippen LogP contribution in [0.1, 0.15) is 53.8 Å². The van der Waals surface area contributed by atoms with Gasteiger partial charge in [0.15, 0.2) is 0 Å². The van der Waals surface area contributed by atoms with Gasteiger partial charge in [-0.1, -0.05) is 67.2 Å². The maximum absolute atomic E-state index is 13.1. The van der Waals surface area contributed by atoms with Crippen LogP contribution in [-0.2, 0) is 12.8 Å². The Labute approximate surface area is 198 Å². The lowest BCUT2D eigenvalue weighted by atomic mass is 10.0. The lowest BCUT2D eigenvalue weighted by Crippen LogP contribution is -2.20. The van der Waals surface area contributed by atoms with Crippen LogP contribution in [0.25, 0.3) is 0 Å². The van der Waals surface area contributed by atoms with Gasteiger partial charge in [0.05, 0.1) is 0 Å². The molecule has 0 aliphatic carbocycles. The van der Waals surface area contributed by atoms with Crippen molar-refractivity contribution in [1.82, 2.24) is 9.88 Å². The molecule has 2 aromatic carbocycles. The SMILES string of the molecule is C=C(CCc1ncccc1C)N1CCC(F)C1.CC(N)c1ccc(Cc2ccccc2)cc1. The molecule has 1 aliphatic heterocycles. The molecule has 2 N–H and O–H groups in total. The molecule has 2 heterocycles. The average Bonchev–Trinajstić information content (AvgIpc) is 3.26. The van der Waals surface area contributed by atoms with E-state index in [9.17, 15) is 4.39 Å². The zero-order chi connectivity index (χ0) is 23.6. The van der Waals surface area contributed by atoms with Gasteiger partial charge in [0.2, 0.25) is 0 Å². The minimum atomic E-state index is -0.677. The van der Waals surface area contributed by atoms with Crippen molar-refractivity contribution in [3.8, 4) is 0 Å². The molecular formula is C29H36FN3. The number of pyridine rings is 1. The largest absolute Gasteiger partial charge is 0.372 e. The van der Waals surface area contributed by atoms with Crippen molar-refractivity contribution < 1.29 is 4.39 Å². The lowest BCUT2D eigenvalue weighted by Gasteiger charge is -2.20. The predicted octanol–water partition coefficient (Wildman–Crippen LogP) is 6.18. The average molecular weight is 446 g/mol. The fraction of sp³-hybridized carbons (Fsp3) is 0.345. The predicted molar refractivity (Wildman–Crippen MR) is 136 cm³/mol. The number of rotatable bonds is 7. The van der Waals surface area contributed by atoms with Crippen LogP contribution >= 0.6 is 0 Å². The quantitative estimate of drug-likeness (QED) is 0.472. The number of halogens is 1. The van der Waals surface area contributed by atoms with Crippen molar-refractivity contribution in [1.29, 1.82) is 0 Å². The molecule has 1 aliphatic rings. The van der Waals surface area contributed by atoms with Gasteiger partial charge in [0.1, 0.15) is 6.17 Å². The summed E-state index contributed by atoms with van der Waals surface area (Å²) in [6.45, 7) is 9.44. The van der Waals surface area contributed by atoms with E-state index in [-0.39, 0.29) is 6.04 Å². The van der Waals surface area contributed by atoms with Crippen LogP contribution in [0.5, 0.6) is 0 Å². The monoisotopic (exact) mass is 445 g/mol. The Kier molecular flexibility index (Phi) is 9.20. The summed E-state index contributed by atoms with van der Waals surface area (Å²) < 4.78 is 13.1. The van der Waals surface area contributed by atoms with Crippen molar-refractivity contribution >= 4 is 0 Å². The summed E-state index contributed by atoms with van der Waals surface area (Å²) in [5.41, 5.74) is 13.0. The summed E-state index contributed by atoms with van der Waals surface area (Å²) in [5, 5.41) is 0. The smallest absolute Gasteiger partial charge is 0.119 e. The topological polar surface area (TPSA) is 42.2 Å². The highest BCUT2D eigenvalue weighted by Crippen LogP contribution is 2.20. The number of likely N-dealkylation sites (tertiary alicyclic amines) is 1. The molecule has 0 radical (unpaired) electrons. The molecule has 1 saturated heterocycles. The summed E-state index contributed by atoms with van der Waals surface area (Å²) >= 11 is 0. The minimum absolute atomic E-state index is 0.116. The van der Waals surface area contributed by atoms with E-state index in [1.54, 1.807) is 0 Å². The molecule has 2 unspecified atom stereocenters. The van der Waals surface area contributed by atoms with Crippen LogP contribution in [0.3, 0.4) is 0 Å². The molecule has 4 rings (SSSR count). The fourth-order valence-corrected chi connectivity index (χ4v) is 3.98. The third-order valence-electron chi connectivity index (χ3n) is 6.10. The van der Waals surface area contributed by atoms with E-state index in [2.05, 4.69) is 78.0 Å². The van der Waals surface area contributed by atoms with Gasteiger partial charge < -0.3 is 10.6 Å². The molecule has 0 bridgehead atoms. The number of hydrogen-bond donors (Lipinski definition) is 1. The van der Waals surface area contributed by atoms with E-state index in [0.29, 0.717) is 13.0 Å². The van der Waals surface area contributed by atoms with Crippen molar-refractivity contribution in [2.45, 2.75) is 51.7 Å². The summed E-state index contributed by atoms with van der Waals surface area (Å²) in [6.07, 6.45) is 4.52. The molecule has 174 valence electrons. The van der Waals surface area contributed by atoms with Crippen molar-refractivity contribution in [3.63, 3.8) is 0 Å². The van der Waals surface area contributed by atoms with Crippen molar-refractivity contribution in [2.24, 2.45) is 5.73 Å². The Balaban J connectivity index is 0.000000186. The second kappa shape index (κ2) is 12.3. The van der Waals surface area contributed by atoms with Gasteiger partial charge in [0, 0.05) is 36.7 Å². The number of allylic oxidation sites excluding steroid dienone is 1. The van der Waals surface area contributed by atoms with Crippen LogP contribution in [0.4, 0.5) is 4.39 Å². The van der Waals surface area contributed by atoms with Crippen molar-refractivity contribution in [2.75, 3.05) is 13.1 Å². The molecule has 2 atom stereocenters. The van der Waals surface area contributed by atoms with Gasteiger partial charge in [-0.25, -0.2) is 4.39 Å². The zero-order valence-corrected chi connectivity index (χ0v) is 19.9. The van der Waals surface area contributed by atoms with Gasteiger partial charge in [-0.2, -0.15) is 0 Å². The second-order valence-electron chi connectivity index (χ2n) is 8.86. The highest BCUT2D eigenvalue weighted by molar-refractivity contribution is 5.29. The molecule has 3 aromatic rings. The van der Waals surface area contributed by atoms with E-state index in [0.717, 1.165) is 37.2 Å². The normalized spacial score (nSPS) is 16.1. The second-order valence-corrected chi connectivity index (χ2v) is 8.86. The van der Waals surface area contributed by atoms with Gasteiger partial charge in [0.25, 0.3) is 0 Å². The fourth-order valence-electron chi connectivity index (χ4n) is 3.98. The Morgan fingerprint density at radius 1 is 1.09 bits per heavy atom. The van der Waals surface area contributed by atoms with Gasteiger partial charge in [-0.3, -0.25) is 4.98 Å². The van der Waals surface area contributed by atoms with Crippen LogP contribution in [0, 0.1) is 6.92 Å². The molecule has 0 saturated carbocycles. The molecule has 1 aromatic heterocycles. The Hall–Kier alpha value is -2.98. The first kappa shape index (κ1) is 24.7. The lowest BCUT2D eigenvalue weighted by molar-refractivity contribution is 0.320. The number of nitrogens with two attached hydrogens (primary N) is 1. The molecule has 33 heavy (non-hydrogen) atoms. The summed E-state index contributed by atoms with van der Waals surface area (Å²) in [6, 6.07) is 23.2. The van der Waals surface area contributed by atoms with Gasteiger partial charge >= 0.3 is 0 Å². The number of alkyl halides is 1. The summed E-state index contributed by atoms with van der Waals surface area (Å²) in [4.78, 5) is 6.42. The first-order valence-electron chi connectivity index (χ1n) is 11.8. The third kappa shape index (κ3) is 7.83. The van der Waals surface area contributed by atoms with E-state index in [4.69, 9.17) is 5.73 Å². The third-order valence-corrected chi connectivity index (χ3v) is 6.10. The number of hydrogen-bond acceptors (Lipinski definition) is 3. The minimum Gasteiger partial charge on any atom is -0.372 e. The maximum Gasteiger partial charge on any atom is 0.119 e. The molecule has 0 spiro atoms. The number of aromatic nitrogens is 1. The Morgan fingerprint density at radius 2 is 1.79 bits per heavy atom. The molecule has 4 heteroatoms. The van der Waals surface area contributed by atoms with E-state index < -0.39 is 6.17 Å². The number of nitrogens with zero attached hydrogens (tertiary/aromatic N) is 2. The van der Waals surface area contributed by atoms with Gasteiger partial charge in [-0.05, 0) is 67.9 Å². The van der Waals surface area contributed by atoms with E-state index in [1.807, 2.05) is 25.3 Å². The Morgan fingerprint density at radius 3 is 2.39 bits per heavy atom. The molecule has 3 nitrogen and oxygen atoms in total. The summed E-state index contributed by atoms with van der Waals surface area (Å²) in [7, 11) is 0. The van der Waals surface area contributed by atoms with Crippen LogP contribution in [0.15, 0.2) is 85.2 Å². The maximum atomic E-state index is 13.1. The first-order valence-corrected chi connectivity index (χ1v) is 11.8. The van der Waals surface area contributed by atoms with Crippen LogP contribution in [-0.4, -0.2) is 29.1 Å². The standard InChI is InChI=1S/C15H17N.C14H19FN2/c1-12(16)15-9-7-14(8-10-15)11-13-5-3-2-4-6-13;1-11-4-3-8-16-14(11)6-5-12(2)17-9-7-13(15)10-17/h2-10,12H,11,16H2,1H3;3-4,8,13H,2,5-7,9-10H2,1H3. The van der Waals surface area contributed by atoms with Crippen molar-refractivity contribution in [3.05, 3.63) is 113 Å². The zero-order valence-electron chi connectivity index (χ0n) is 19.9. The first-order chi connectivity index (χ1) is 15.9. The molecule has 1 fully saturated rings. The highest BCUT2D eigenvalue weighted by atomic mass is 19.1. The van der Waals surface area contributed by atoms with Crippen LogP contribution in [0.2, 0.25) is 0 Å². The summed E-state index contributed by atoms with van der Waals surface area (Å²) in [5.74, 6) is 0. The highest BCUT2D eigenvalue weighted by Gasteiger charge is 2.22. The Bertz CT molecular complexity index is 999. The number of benzene rings is 2. The van der Waals surface area contributed by atoms with E-state index in [1.165, 1.54) is 22.3 Å². The molecule has 0 amide bonds.